The molecule has 0 unspecified atom stereocenters. The van der Waals surface area contributed by atoms with Crippen LogP contribution in [0.1, 0.15) is 11.3 Å². The summed E-state index contributed by atoms with van der Waals surface area (Å²) in [6.07, 6.45) is 3.42. The molecule has 23 heavy (non-hydrogen) atoms. The van der Waals surface area contributed by atoms with Gasteiger partial charge in [-0.25, -0.2) is 4.68 Å². The lowest BCUT2D eigenvalue weighted by Crippen LogP contribution is -2.06. The van der Waals surface area contributed by atoms with E-state index in [-0.39, 0.29) is 12.2 Å². The molecule has 0 aliphatic rings. The molecule has 0 saturated heterocycles. The van der Waals surface area contributed by atoms with Gasteiger partial charge in [0.15, 0.2) is 0 Å². The summed E-state index contributed by atoms with van der Waals surface area (Å²) in [7, 11) is 0. The van der Waals surface area contributed by atoms with Crippen molar-refractivity contribution in [2.45, 2.75) is 13.1 Å². The molecule has 2 heterocycles. The van der Waals surface area contributed by atoms with E-state index in [0.29, 0.717) is 12.2 Å². The molecule has 0 fully saturated rings. The van der Waals surface area contributed by atoms with Crippen LogP contribution >= 0.6 is 0 Å². The maximum atomic E-state index is 10.7. The van der Waals surface area contributed by atoms with E-state index in [4.69, 9.17) is 5.73 Å². The fourth-order valence-corrected chi connectivity index (χ4v) is 2.31. The summed E-state index contributed by atoms with van der Waals surface area (Å²) in [4.78, 5) is 14.4. The van der Waals surface area contributed by atoms with Crippen molar-refractivity contribution in [1.82, 2.24) is 20.0 Å². The van der Waals surface area contributed by atoms with Gasteiger partial charge in [0.25, 0.3) is 5.69 Å². The Labute approximate surface area is 131 Å². The lowest BCUT2D eigenvalue weighted by Gasteiger charge is -2.07. The molecule has 116 valence electrons. The standard InChI is InChI=1S/C15H14N6O2/c16-8-14-15(12-2-1-7-17-9-12)20(19-18-14)10-11-3-5-13(6-4-11)21(22)23/h1-7,9H,8,10,16H2. The van der Waals surface area contributed by atoms with Crippen LogP contribution in [0.2, 0.25) is 0 Å². The Morgan fingerprint density at radius 1 is 1.22 bits per heavy atom. The quantitative estimate of drug-likeness (QED) is 0.567. The number of benzene rings is 1. The van der Waals surface area contributed by atoms with Crippen molar-refractivity contribution >= 4 is 5.69 Å². The van der Waals surface area contributed by atoms with Gasteiger partial charge in [-0.2, -0.15) is 0 Å². The van der Waals surface area contributed by atoms with Crippen molar-refractivity contribution in [2.24, 2.45) is 5.73 Å². The molecule has 8 heteroatoms. The average molecular weight is 310 g/mol. The van der Waals surface area contributed by atoms with E-state index in [2.05, 4.69) is 15.3 Å². The van der Waals surface area contributed by atoms with Crippen LogP contribution in [0, 0.1) is 10.1 Å². The van der Waals surface area contributed by atoms with Gasteiger partial charge in [0.05, 0.1) is 17.2 Å². The summed E-state index contributed by atoms with van der Waals surface area (Å²) < 4.78 is 1.72. The summed E-state index contributed by atoms with van der Waals surface area (Å²) in [6, 6.07) is 10.1. The number of nitrogens with two attached hydrogens (primary N) is 1. The number of nitrogens with zero attached hydrogens (tertiary/aromatic N) is 5. The molecule has 2 N–H and O–H groups in total. The van der Waals surface area contributed by atoms with E-state index in [9.17, 15) is 10.1 Å². The van der Waals surface area contributed by atoms with Crippen molar-refractivity contribution in [2.75, 3.05) is 0 Å². The van der Waals surface area contributed by atoms with E-state index in [1.807, 2.05) is 12.1 Å². The minimum Gasteiger partial charge on any atom is -0.325 e. The Morgan fingerprint density at radius 2 is 2.00 bits per heavy atom. The fraction of sp³-hybridized carbons (Fsp3) is 0.133. The Hall–Kier alpha value is -3.13. The second kappa shape index (κ2) is 6.32. The van der Waals surface area contributed by atoms with Crippen LogP contribution in [-0.2, 0) is 13.1 Å². The first kappa shape index (κ1) is 14.8. The first-order valence-corrected chi connectivity index (χ1v) is 6.95. The van der Waals surface area contributed by atoms with E-state index in [0.717, 1.165) is 16.8 Å². The number of nitro groups is 1. The maximum Gasteiger partial charge on any atom is 0.269 e. The molecule has 3 aromatic rings. The third-order valence-electron chi connectivity index (χ3n) is 3.41. The Morgan fingerprint density at radius 3 is 2.61 bits per heavy atom. The van der Waals surface area contributed by atoms with Gasteiger partial charge < -0.3 is 5.73 Å². The van der Waals surface area contributed by atoms with Gasteiger partial charge in [0, 0.05) is 36.6 Å². The molecule has 8 nitrogen and oxygen atoms in total. The summed E-state index contributed by atoms with van der Waals surface area (Å²) in [5.41, 5.74) is 9.04. The summed E-state index contributed by atoms with van der Waals surface area (Å²) >= 11 is 0. The van der Waals surface area contributed by atoms with E-state index in [1.54, 1.807) is 29.2 Å². The molecule has 0 amide bonds. The largest absolute Gasteiger partial charge is 0.325 e. The molecule has 0 spiro atoms. The second-order valence-electron chi connectivity index (χ2n) is 4.91. The molecule has 3 rings (SSSR count). The molecule has 0 aliphatic heterocycles. The van der Waals surface area contributed by atoms with Gasteiger partial charge in [0.1, 0.15) is 5.69 Å². The highest BCUT2D eigenvalue weighted by Crippen LogP contribution is 2.22. The van der Waals surface area contributed by atoms with Gasteiger partial charge >= 0.3 is 0 Å². The monoisotopic (exact) mass is 310 g/mol. The Bertz CT molecular complexity index is 814. The van der Waals surface area contributed by atoms with Gasteiger partial charge in [-0.3, -0.25) is 15.1 Å². The first-order valence-electron chi connectivity index (χ1n) is 6.95. The molecule has 0 atom stereocenters. The van der Waals surface area contributed by atoms with Gasteiger partial charge in [-0.15, -0.1) is 5.10 Å². The van der Waals surface area contributed by atoms with Gasteiger partial charge in [0.2, 0.25) is 0 Å². The number of hydrogen-bond donors (Lipinski definition) is 1. The van der Waals surface area contributed by atoms with Crippen LogP contribution < -0.4 is 5.73 Å². The molecular weight excluding hydrogens is 296 g/mol. The number of rotatable bonds is 5. The van der Waals surface area contributed by atoms with Crippen LogP contribution in [0.3, 0.4) is 0 Å². The topological polar surface area (TPSA) is 113 Å². The summed E-state index contributed by atoms with van der Waals surface area (Å²) in [6.45, 7) is 0.708. The van der Waals surface area contributed by atoms with Gasteiger partial charge in [-0.1, -0.05) is 17.3 Å². The zero-order valence-electron chi connectivity index (χ0n) is 12.2. The summed E-state index contributed by atoms with van der Waals surface area (Å²) in [5, 5.41) is 19.0. The van der Waals surface area contributed by atoms with E-state index < -0.39 is 4.92 Å². The predicted molar refractivity (Wildman–Crippen MR) is 83.3 cm³/mol. The van der Waals surface area contributed by atoms with Crippen molar-refractivity contribution in [3.63, 3.8) is 0 Å². The molecular formula is C15H14N6O2. The lowest BCUT2D eigenvalue weighted by atomic mass is 10.1. The minimum absolute atomic E-state index is 0.0578. The third-order valence-corrected chi connectivity index (χ3v) is 3.41. The van der Waals surface area contributed by atoms with Gasteiger partial charge in [-0.05, 0) is 17.7 Å². The first-order chi connectivity index (χ1) is 11.2. The van der Waals surface area contributed by atoms with Crippen molar-refractivity contribution < 1.29 is 4.92 Å². The lowest BCUT2D eigenvalue weighted by molar-refractivity contribution is -0.384. The minimum atomic E-state index is -0.424. The maximum absolute atomic E-state index is 10.7. The van der Waals surface area contributed by atoms with Crippen LogP contribution in [0.25, 0.3) is 11.3 Å². The molecule has 0 bridgehead atoms. The molecule has 2 aromatic heterocycles. The highest BCUT2D eigenvalue weighted by atomic mass is 16.6. The normalized spacial score (nSPS) is 10.7. The third kappa shape index (κ3) is 3.06. The zero-order chi connectivity index (χ0) is 16.2. The SMILES string of the molecule is NCc1nnn(Cc2ccc([N+](=O)[O-])cc2)c1-c1cccnc1. The van der Waals surface area contributed by atoms with Crippen LogP contribution in [0.4, 0.5) is 5.69 Å². The molecule has 1 aromatic carbocycles. The van der Waals surface area contributed by atoms with Crippen LogP contribution in [0.5, 0.6) is 0 Å². The van der Waals surface area contributed by atoms with Crippen LogP contribution in [0.15, 0.2) is 48.8 Å². The highest BCUT2D eigenvalue weighted by molar-refractivity contribution is 5.60. The molecule has 0 radical (unpaired) electrons. The van der Waals surface area contributed by atoms with E-state index >= 15 is 0 Å². The van der Waals surface area contributed by atoms with Crippen LogP contribution in [-0.4, -0.2) is 24.9 Å². The highest BCUT2D eigenvalue weighted by Gasteiger charge is 2.14. The molecule has 0 saturated carbocycles. The predicted octanol–water partition coefficient (Wildman–Crippen LogP) is 1.76. The number of nitro benzene ring substituents is 1. The zero-order valence-corrected chi connectivity index (χ0v) is 12.2. The number of non-ortho nitro benzene ring substituents is 1. The molecule has 0 aliphatic carbocycles. The van der Waals surface area contributed by atoms with Crippen molar-refractivity contribution in [3.05, 3.63) is 70.2 Å². The van der Waals surface area contributed by atoms with Crippen molar-refractivity contribution in [1.29, 1.82) is 0 Å². The van der Waals surface area contributed by atoms with Crippen molar-refractivity contribution in [3.8, 4) is 11.3 Å². The average Bonchev–Trinajstić information content (AvgIpc) is 2.99. The second-order valence-corrected chi connectivity index (χ2v) is 4.91. The summed E-state index contributed by atoms with van der Waals surface area (Å²) in [5.74, 6) is 0. The Kier molecular flexibility index (Phi) is 4.07. The fourth-order valence-electron chi connectivity index (χ4n) is 2.31. The smallest absolute Gasteiger partial charge is 0.269 e. The number of aromatic nitrogens is 4. The number of pyridine rings is 1. The Balaban J connectivity index is 1.94. The van der Waals surface area contributed by atoms with E-state index in [1.165, 1.54) is 12.1 Å². The number of hydrogen-bond acceptors (Lipinski definition) is 6.